The first-order chi connectivity index (χ1) is 11.4. The fourth-order valence-corrected chi connectivity index (χ4v) is 3.52. The molecule has 4 aromatic heterocycles. The largest absolute Gasteiger partial charge is 0.285 e. The van der Waals surface area contributed by atoms with Crippen molar-refractivity contribution in [2.24, 2.45) is 0 Å². The highest BCUT2D eigenvalue weighted by atomic mass is 32.1. The van der Waals surface area contributed by atoms with Crippen molar-refractivity contribution in [2.75, 3.05) is 0 Å². The van der Waals surface area contributed by atoms with E-state index < -0.39 is 0 Å². The molecule has 0 aromatic carbocycles. The summed E-state index contributed by atoms with van der Waals surface area (Å²) in [5.41, 5.74) is 4.64. The maximum absolute atomic E-state index is 9.25. The molecule has 6 heteroatoms. The summed E-state index contributed by atoms with van der Waals surface area (Å²) < 4.78 is 2.05. The van der Waals surface area contributed by atoms with Crippen LogP contribution in [0.15, 0.2) is 54.4 Å². The van der Waals surface area contributed by atoms with Gasteiger partial charge in [0.1, 0.15) is 0 Å². The van der Waals surface area contributed by atoms with Crippen LogP contribution in [0.25, 0.3) is 27.5 Å². The van der Waals surface area contributed by atoms with Crippen LogP contribution in [0.1, 0.15) is 5.69 Å². The van der Waals surface area contributed by atoms with E-state index in [1.54, 1.807) is 29.9 Å². The number of rotatable bonds is 3. The summed E-state index contributed by atoms with van der Waals surface area (Å²) in [4.78, 5) is 13.9. The fourth-order valence-electron chi connectivity index (χ4n) is 2.60. The number of nitrogens with zero attached hydrogens (tertiary/aromatic N) is 5. The molecule has 4 heterocycles. The smallest absolute Gasteiger partial charge is 0.195 e. The minimum atomic E-state index is 0.287. The van der Waals surface area contributed by atoms with Crippen molar-refractivity contribution >= 4 is 16.3 Å². The molecule has 0 unspecified atom stereocenters. The predicted molar refractivity (Wildman–Crippen MR) is 88.8 cm³/mol. The molecule has 110 valence electrons. The Bertz CT molecular complexity index is 996. The van der Waals surface area contributed by atoms with E-state index in [0.29, 0.717) is 0 Å². The molecule has 4 aromatic rings. The maximum Gasteiger partial charge on any atom is 0.195 e. The first kappa shape index (κ1) is 13.6. The van der Waals surface area contributed by atoms with E-state index in [1.165, 1.54) is 0 Å². The summed E-state index contributed by atoms with van der Waals surface area (Å²) in [6.07, 6.45) is 7.36. The van der Waals surface area contributed by atoms with Crippen LogP contribution >= 0.6 is 11.3 Å². The number of pyridine rings is 2. The van der Waals surface area contributed by atoms with Crippen molar-refractivity contribution < 1.29 is 0 Å². The van der Waals surface area contributed by atoms with Crippen LogP contribution < -0.4 is 0 Å². The van der Waals surface area contributed by atoms with E-state index in [4.69, 9.17) is 4.98 Å². The highest BCUT2D eigenvalue weighted by Crippen LogP contribution is 2.32. The average Bonchev–Trinajstić information content (AvgIpc) is 3.17. The highest BCUT2D eigenvalue weighted by molar-refractivity contribution is 7.15. The van der Waals surface area contributed by atoms with E-state index in [0.717, 1.165) is 33.2 Å². The third-order valence-electron chi connectivity index (χ3n) is 3.60. The summed E-state index contributed by atoms with van der Waals surface area (Å²) >= 11 is 1.56. The van der Waals surface area contributed by atoms with E-state index in [9.17, 15) is 5.26 Å². The Hall–Kier alpha value is -3.04. The number of thiazole rings is 1. The zero-order valence-electron chi connectivity index (χ0n) is 12.0. The molecule has 0 saturated carbocycles. The molecular formula is C17H11N5S. The zero-order valence-corrected chi connectivity index (χ0v) is 12.9. The Kier molecular flexibility index (Phi) is 3.33. The Morgan fingerprint density at radius 2 is 1.83 bits per heavy atom. The lowest BCUT2D eigenvalue weighted by Crippen LogP contribution is -1.95. The first-order valence-corrected chi connectivity index (χ1v) is 7.93. The van der Waals surface area contributed by atoms with E-state index in [2.05, 4.69) is 16.0 Å². The maximum atomic E-state index is 9.25. The lowest BCUT2D eigenvalue weighted by molar-refractivity contribution is 1.08. The van der Waals surface area contributed by atoms with Gasteiger partial charge < -0.3 is 0 Å². The topological polar surface area (TPSA) is 66.9 Å². The van der Waals surface area contributed by atoms with Gasteiger partial charge >= 0.3 is 0 Å². The molecule has 23 heavy (non-hydrogen) atoms. The normalized spacial score (nSPS) is 10.7. The fraction of sp³-hybridized carbons (Fsp3) is 0.0588. The summed E-state index contributed by atoms with van der Waals surface area (Å²) in [7, 11) is 0. The molecular weight excluding hydrogens is 306 g/mol. The van der Waals surface area contributed by atoms with Gasteiger partial charge in [-0.05, 0) is 24.3 Å². The van der Waals surface area contributed by atoms with Crippen LogP contribution in [0.5, 0.6) is 0 Å². The molecule has 0 spiro atoms. The Labute approximate surface area is 136 Å². The van der Waals surface area contributed by atoms with Gasteiger partial charge in [0.05, 0.1) is 29.6 Å². The number of aromatic nitrogens is 4. The summed E-state index contributed by atoms with van der Waals surface area (Å²) in [5, 5.41) is 11.3. The van der Waals surface area contributed by atoms with E-state index in [-0.39, 0.29) is 6.42 Å². The third-order valence-corrected chi connectivity index (χ3v) is 4.42. The van der Waals surface area contributed by atoms with Crippen molar-refractivity contribution in [3.05, 3.63) is 60.1 Å². The summed E-state index contributed by atoms with van der Waals surface area (Å²) in [5.74, 6) is 0. The minimum Gasteiger partial charge on any atom is -0.285 e. The lowest BCUT2D eigenvalue weighted by atomic mass is 10.1. The molecule has 0 atom stereocenters. The Balaban J connectivity index is 1.99. The first-order valence-electron chi connectivity index (χ1n) is 7.05. The third kappa shape index (κ3) is 2.28. The van der Waals surface area contributed by atoms with E-state index in [1.807, 2.05) is 40.2 Å². The van der Waals surface area contributed by atoms with Gasteiger partial charge in [-0.1, -0.05) is 0 Å². The van der Waals surface area contributed by atoms with Crippen molar-refractivity contribution in [3.63, 3.8) is 0 Å². The van der Waals surface area contributed by atoms with Crippen LogP contribution in [-0.2, 0) is 6.42 Å². The van der Waals surface area contributed by atoms with Crippen LogP contribution in [0.4, 0.5) is 0 Å². The van der Waals surface area contributed by atoms with Gasteiger partial charge in [0.25, 0.3) is 0 Å². The summed E-state index contributed by atoms with van der Waals surface area (Å²) in [6, 6.07) is 10.00. The number of hydrogen-bond donors (Lipinski definition) is 0. The number of fused-ring (bicyclic) bond motifs is 1. The van der Waals surface area contributed by atoms with Crippen LogP contribution in [0.2, 0.25) is 0 Å². The number of nitriles is 1. The molecule has 0 fully saturated rings. The molecule has 0 amide bonds. The van der Waals surface area contributed by atoms with Crippen molar-refractivity contribution in [2.45, 2.75) is 6.42 Å². The van der Waals surface area contributed by atoms with Gasteiger partial charge in [0.15, 0.2) is 4.96 Å². The number of hydrogen-bond acceptors (Lipinski definition) is 5. The molecule has 0 bridgehead atoms. The molecule has 0 N–H and O–H groups in total. The average molecular weight is 317 g/mol. The molecule has 0 aliphatic rings. The summed E-state index contributed by atoms with van der Waals surface area (Å²) in [6.45, 7) is 0. The standard InChI is InChI=1S/C17H11N5S/c18-6-5-14-16(13-4-2-8-20-10-13)21-17-22(14)15(11-23-17)12-3-1-7-19-9-12/h1-4,7-11H,5H2. The van der Waals surface area contributed by atoms with Crippen LogP contribution in [-0.4, -0.2) is 19.4 Å². The molecule has 0 radical (unpaired) electrons. The van der Waals surface area contributed by atoms with Crippen LogP contribution in [0.3, 0.4) is 0 Å². The Morgan fingerprint density at radius 3 is 2.48 bits per heavy atom. The Morgan fingerprint density at radius 1 is 1.09 bits per heavy atom. The van der Waals surface area contributed by atoms with Gasteiger partial charge in [-0.3, -0.25) is 14.4 Å². The van der Waals surface area contributed by atoms with Gasteiger partial charge in [-0.15, -0.1) is 11.3 Å². The van der Waals surface area contributed by atoms with Crippen LogP contribution in [0, 0.1) is 11.3 Å². The SMILES string of the molecule is N#CCc1c(-c2cccnc2)nc2scc(-c3cccnc3)n12. The van der Waals surface area contributed by atoms with Crippen molar-refractivity contribution in [1.29, 1.82) is 5.26 Å². The molecule has 5 nitrogen and oxygen atoms in total. The quantitative estimate of drug-likeness (QED) is 0.579. The second-order valence-corrected chi connectivity index (χ2v) is 5.80. The van der Waals surface area contributed by atoms with Gasteiger partial charge in [0.2, 0.25) is 0 Å². The molecule has 0 aliphatic heterocycles. The highest BCUT2D eigenvalue weighted by Gasteiger charge is 2.18. The lowest BCUT2D eigenvalue weighted by Gasteiger charge is -2.04. The van der Waals surface area contributed by atoms with Gasteiger partial charge in [0, 0.05) is 41.3 Å². The number of imidazole rings is 1. The second kappa shape index (κ2) is 5.63. The van der Waals surface area contributed by atoms with Crippen molar-refractivity contribution in [1.82, 2.24) is 19.4 Å². The minimum absolute atomic E-state index is 0.287. The van der Waals surface area contributed by atoms with Gasteiger partial charge in [-0.25, -0.2) is 4.98 Å². The monoisotopic (exact) mass is 317 g/mol. The molecule has 0 saturated heterocycles. The van der Waals surface area contributed by atoms with E-state index >= 15 is 0 Å². The van der Waals surface area contributed by atoms with Crippen molar-refractivity contribution in [3.8, 4) is 28.6 Å². The molecule has 0 aliphatic carbocycles. The zero-order chi connectivity index (χ0) is 15.6. The predicted octanol–water partition coefficient (Wildman–Crippen LogP) is 3.59. The molecule has 4 rings (SSSR count). The second-order valence-electron chi connectivity index (χ2n) is 4.96. The van der Waals surface area contributed by atoms with Gasteiger partial charge in [-0.2, -0.15) is 5.26 Å².